The summed E-state index contributed by atoms with van der Waals surface area (Å²) in [5, 5.41) is 0. The molecule has 0 aromatic carbocycles. The molecule has 1 unspecified atom stereocenters. The van der Waals surface area contributed by atoms with E-state index in [9.17, 15) is 0 Å². The molecule has 0 aliphatic heterocycles. The minimum Gasteiger partial charge on any atom is -0.0859 e. The number of halogens is 1. The molecule has 0 bridgehead atoms. The highest BCUT2D eigenvalue weighted by Crippen LogP contribution is 2.12. The van der Waals surface area contributed by atoms with Crippen molar-refractivity contribution in [1.29, 1.82) is 0 Å². The molecule has 1 heteroatoms. The molecule has 70 valence electrons. The molecule has 0 fully saturated rings. The van der Waals surface area contributed by atoms with Crippen molar-refractivity contribution in [1.82, 2.24) is 0 Å². The molecule has 0 saturated heterocycles. The van der Waals surface area contributed by atoms with Gasteiger partial charge in [0.05, 0.1) is 0 Å². The molecule has 0 saturated carbocycles. The van der Waals surface area contributed by atoms with Crippen molar-refractivity contribution in [2.75, 3.05) is 0 Å². The molecule has 12 heavy (non-hydrogen) atoms. The van der Waals surface area contributed by atoms with Crippen LogP contribution < -0.4 is 0 Å². The van der Waals surface area contributed by atoms with E-state index in [1.54, 1.807) is 0 Å². The van der Waals surface area contributed by atoms with E-state index in [1.807, 2.05) is 0 Å². The maximum absolute atomic E-state index is 2.32. The van der Waals surface area contributed by atoms with Crippen molar-refractivity contribution in [2.45, 2.75) is 40.0 Å². The van der Waals surface area contributed by atoms with Gasteiger partial charge in [-0.25, -0.2) is 0 Å². The van der Waals surface area contributed by atoms with Crippen LogP contribution in [0, 0.1) is 5.92 Å². The lowest BCUT2D eigenvalue weighted by Gasteiger charge is -2.05. The summed E-state index contributed by atoms with van der Waals surface area (Å²) in [5.41, 5.74) is 1.44. The van der Waals surface area contributed by atoms with E-state index in [-0.39, 0.29) is 0 Å². The highest BCUT2D eigenvalue weighted by atomic mass is 127. The molecule has 1 atom stereocenters. The molecule has 0 aromatic heterocycles. The van der Waals surface area contributed by atoms with Gasteiger partial charge in [0.15, 0.2) is 0 Å². The maximum Gasteiger partial charge on any atom is -0.0274 e. The Kier molecular flexibility index (Phi) is 7.98. The second-order valence-corrected chi connectivity index (χ2v) is 4.28. The Morgan fingerprint density at radius 3 is 2.58 bits per heavy atom. The Hall–Kier alpha value is 0.210. The summed E-state index contributed by atoms with van der Waals surface area (Å²) in [6.45, 7) is 6.64. The smallest absolute Gasteiger partial charge is 0.0274 e. The van der Waals surface area contributed by atoms with Gasteiger partial charge >= 0.3 is 0 Å². The molecule has 0 nitrogen and oxygen atoms in total. The van der Waals surface area contributed by atoms with Gasteiger partial charge in [-0.1, -0.05) is 47.2 Å². The minimum absolute atomic E-state index is 0.826. The van der Waals surface area contributed by atoms with E-state index < -0.39 is 0 Å². The van der Waals surface area contributed by atoms with Gasteiger partial charge in [0, 0.05) is 0 Å². The van der Waals surface area contributed by atoms with Crippen molar-refractivity contribution < 1.29 is 0 Å². The summed E-state index contributed by atoms with van der Waals surface area (Å²) in [6.07, 6.45) is 8.34. The third-order valence-corrected chi connectivity index (χ3v) is 2.35. The van der Waals surface area contributed by atoms with Crippen LogP contribution in [0.15, 0.2) is 21.8 Å². The molecule has 0 aromatic rings. The summed E-state index contributed by atoms with van der Waals surface area (Å²) < 4.78 is 2.11. The Morgan fingerprint density at radius 1 is 1.42 bits per heavy atom. The lowest BCUT2D eigenvalue weighted by Crippen LogP contribution is -1.90. The van der Waals surface area contributed by atoms with Gasteiger partial charge < -0.3 is 0 Å². The monoisotopic (exact) mass is 278 g/mol. The van der Waals surface area contributed by atoms with E-state index in [0.29, 0.717) is 0 Å². The van der Waals surface area contributed by atoms with Crippen molar-refractivity contribution in [3.05, 3.63) is 21.8 Å². The number of allylic oxidation sites excluding steroid dienone is 3. The Labute approximate surface area is 90.3 Å². The van der Waals surface area contributed by atoms with Crippen LogP contribution in [0.3, 0.4) is 0 Å². The van der Waals surface area contributed by atoms with Gasteiger partial charge in [-0.15, -0.1) is 0 Å². The third kappa shape index (κ3) is 8.31. The van der Waals surface area contributed by atoms with Crippen molar-refractivity contribution in [3.63, 3.8) is 0 Å². The van der Waals surface area contributed by atoms with Crippen LogP contribution >= 0.6 is 22.6 Å². The topological polar surface area (TPSA) is 0 Å². The lowest BCUT2D eigenvalue weighted by atomic mass is 10.0. The van der Waals surface area contributed by atoms with Gasteiger partial charge in [0.25, 0.3) is 0 Å². The van der Waals surface area contributed by atoms with E-state index in [0.717, 1.165) is 5.92 Å². The fourth-order valence-corrected chi connectivity index (χ4v) is 1.35. The summed E-state index contributed by atoms with van der Waals surface area (Å²) in [7, 11) is 0. The molecule has 0 aliphatic carbocycles. The molecule has 0 spiro atoms. The Bertz CT molecular complexity index is 152. The van der Waals surface area contributed by atoms with Crippen LogP contribution in [0.2, 0.25) is 0 Å². The zero-order valence-electron chi connectivity index (χ0n) is 8.31. The Balaban J connectivity index is 3.43. The predicted octanol–water partition coefficient (Wildman–Crippen LogP) is 4.71. The fourth-order valence-electron chi connectivity index (χ4n) is 1.06. The summed E-state index contributed by atoms with van der Waals surface area (Å²) in [6, 6.07) is 0. The fraction of sp³-hybridized carbons (Fsp3) is 0.636. The molecule has 0 heterocycles. The summed E-state index contributed by atoms with van der Waals surface area (Å²) in [5.74, 6) is 0.826. The zero-order chi connectivity index (χ0) is 9.40. The zero-order valence-corrected chi connectivity index (χ0v) is 10.5. The highest BCUT2D eigenvalue weighted by Gasteiger charge is 1.96. The van der Waals surface area contributed by atoms with Gasteiger partial charge in [-0.05, 0) is 43.1 Å². The molecular formula is C11H19I. The second-order valence-electron chi connectivity index (χ2n) is 3.56. The van der Waals surface area contributed by atoms with Gasteiger partial charge in [-0.2, -0.15) is 0 Å². The summed E-state index contributed by atoms with van der Waals surface area (Å²) >= 11 is 2.28. The number of rotatable bonds is 5. The average Bonchev–Trinajstić information content (AvgIpc) is 2.00. The maximum atomic E-state index is 2.32. The Morgan fingerprint density at radius 2 is 2.08 bits per heavy atom. The van der Waals surface area contributed by atoms with Crippen LogP contribution in [-0.2, 0) is 0 Å². The predicted molar refractivity (Wildman–Crippen MR) is 65.6 cm³/mol. The van der Waals surface area contributed by atoms with Crippen LogP contribution in [-0.4, -0.2) is 0 Å². The molecule has 0 radical (unpaired) electrons. The largest absolute Gasteiger partial charge is 0.0859 e. The number of hydrogen-bond donors (Lipinski definition) is 0. The first kappa shape index (κ1) is 12.2. The first-order valence-electron chi connectivity index (χ1n) is 4.55. The first-order chi connectivity index (χ1) is 5.66. The van der Waals surface area contributed by atoms with Gasteiger partial charge in [0.1, 0.15) is 0 Å². The second kappa shape index (κ2) is 7.84. The van der Waals surface area contributed by atoms with Crippen LogP contribution in [0.25, 0.3) is 0 Å². The van der Waals surface area contributed by atoms with Crippen LogP contribution in [0.5, 0.6) is 0 Å². The minimum atomic E-state index is 0.826. The normalized spacial score (nSPS) is 13.3. The van der Waals surface area contributed by atoms with Crippen molar-refractivity contribution in [3.8, 4) is 0 Å². The van der Waals surface area contributed by atoms with E-state index in [2.05, 4.69) is 59.6 Å². The average molecular weight is 278 g/mol. The van der Waals surface area contributed by atoms with Crippen molar-refractivity contribution in [2.24, 2.45) is 5.92 Å². The van der Waals surface area contributed by atoms with E-state index in [1.165, 1.54) is 24.8 Å². The van der Waals surface area contributed by atoms with E-state index in [4.69, 9.17) is 0 Å². The van der Waals surface area contributed by atoms with Gasteiger partial charge in [0.2, 0.25) is 0 Å². The van der Waals surface area contributed by atoms with E-state index >= 15 is 0 Å². The molecule has 0 amide bonds. The third-order valence-electron chi connectivity index (χ3n) is 1.84. The quantitative estimate of drug-likeness (QED) is 0.504. The standard InChI is InChI=1S/C11H19I/c1-10(2)6-4-7-11(3)8-5-9-12/h5-6,9,11H,4,7-8H2,1-3H3/b9-5+. The molecule has 0 aliphatic rings. The number of hydrogen-bond acceptors (Lipinski definition) is 0. The first-order valence-corrected chi connectivity index (χ1v) is 5.80. The van der Waals surface area contributed by atoms with Crippen LogP contribution in [0.4, 0.5) is 0 Å². The highest BCUT2D eigenvalue weighted by molar-refractivity contribution is 14.1. The summed E-state index contributed by atoms with van der Waals surface area (Å²) in [4.78, 5) is 0. The van der Waals surface area contributed by atoms with Gasteiger partial charge in [-0.3, -0.25) is 0 Å². The van der Waals surface area contributed by atoms with Crippen molar-refractivity contribution >= 4 is 22.6 Å². The lowest BCUT2D eigenvalue weighted by molar-refractivity contribution is 0.546. The molecule has 0 rings (SSSR count). The SMILES string of the molecule is CC(C)=CCCC(C)C/C=C/I. The van der Waals surface area contributed by atoms with Crippen LogP contribution in [0.1, 0.15) is 40.0 Å². The molecule has 0 N–H and O–H groups in total. The molecular weight excluding hydrogens is 259 g/mol.